The highest BCUT2D eigenvalue weighted by molar-refractivity contribution is 4.90. The second-order valence-corrected chi connectivity index (χ2v) is 9.31. The molecule has 0 aromatic carbocycles. The van der Waals surface area contributed by atoms with Gasteiger partial charge in [0.2, 0.25) is 0 Å². The number of ether oxygens (including phenoxy) is 1. The summed E-state index contributed by atoms with van der Waals surface area (Å²) >= 11 is 0. The summed E-state index contributed by atoms with van der Waals surface area (Å²) < 4.78 is 6.07. The van der Waals surface area contributed by atoms with Gasteiger partial charge in [0.1, 0.15) is 0 Å². The molecule has 0 saturated heterocycles. The predicted molar refractivity (Wildman–Crippen MR) is 110 cm³/mol. The molecule has 0 bridgehead atoms. The monoisotopic (exact) mass is 350 g/mol. The van der Waals surface area contributed by atoms with Gasteiger partial charge in [-0.05, 0) is 62.7 Å². The van der Waals surface area contributed by atoms with E-state index in [0.717, 1.165) is 17.8 Å². The molecule has 2 fully saturated rings. The topological polar surface area (TPSA) is 9.23 Å². The molecule has 2 aliphatic carbocycles. The zero-order valence-electron chi connectivity index (χ0n) is 17.7. The fourth-order valence-electron chi connectivity index (χ4n) is 5.70. The Morgan fingerprint density at radius 3 is 1.92 bits per heavy atom. The van der Waals surface area contributed by atoms with Crippen molar-refractivity contribution in [2.24, 2.45) is 17.8 Å². The summed E-state index contributed by atoms with van der Waals surface area (Å²) in [6.07, 6.45) is 24.2. The summed E-state index contributed by atoms with van der Waals surface area (Å²) in [5.41, 5.74) is 0.238. The van der Waals surface area contributed by atoms with Crippen LogP contribution in [0, 0.1) is 17.8 Å². The number of hydrogen-bond donors (Lipinski definition) is 0. The minimum Gasteiger partial charge on any atom is -0.378 e. The van der Waals surface area contributed by atoms with Gasteiger partial charge in [-0.1, -0.05) is 78.1 Å². The van der Waals surface area contributed by atoms with Crippen molar-refractivity contribution in [1.29, 1.82) is 0 Å². The third-order valence-electron chi connectivity index (χ3n) is 7.63. The number of rotatable bonds is 11. The SMILES string of the molecule is CCCCCCC1(OC)CCC(C2CCC(CCCCC)CC2)CC1. The summed E-state index contributed by atoms with van der Waals surface area (Å²) in [7, 11) is 1.97. The van der Waals surface area contributed by atoms with Crippen molar-refractivity contribution in [3.05, 3.63) is 0 Å². The highest BCUT2D eigenvalue weighted by atomic mass is 16.5. The van der Waals surface area contributed by atoms with Gasteiger partial charge in [0.25, 0.3) is 0 Å². The van der Waals surface area contributed by atoms with E-state index < -0.39 is 0 Å². The number of methoxy groups -OCH3 is 1. The first kappa shape index (κ1) is 21.3. The van der Waals surface area contributed by atoms with Crippen LogP contribution in [-0.2, 0) is 4.74 Å². The molecular weight excluding hydrogens is 304 g/mol. The van der Waals surface area contributed by atoms with Gasteiger partial charge in [0.15, 0.2) is 0 Å². The Hall–Kier alpha value is -0.0400. The van der Waals surface area contributed by atoms with Gasteiger partial charge in [0, 0.05) is 7.11 Å². The van der Waals surface area contributed by atoms with Gasteiger partial charge in [-0.3, -0.25) is 0 Å². The van der Waals surface area contributed by atoms with Crippen molar-refractivity contribution < 1.29 is 4.74 Å². The van der Waals surface area contributed by atoms with Crippen LogP contribution in [0.5, 0.6) is 0 Å². The Morgan fingerprint density at radius 1 is 0.720 bits per heavy atom. The van der Waals surface area contributed by atoms with Crippen LogP contribution in [0.25, 0.3) is 0 Å². The quantitative estimate of drug-likeness (QED) is 0.344. The normalized spacial score (nSPS) is 33.5. The van der Waals surface area contributed by atoms with Gasteiger partial charge >= 0.3 is 0 Å². The lowest BCUT2D eigenvalue weighted by molar-refractivity contribution is -0.0639. The largest absolute Gasteiger partial charge is 0.378 e. The molecule has 148 valence electrons. The van der Waals surface area contributed by atoms with Crippen LogP contribution < -0.4 is 0 Å². The van der Waals surface area contributed by atoms with Crippen molar-refractivity contribution >= 4 is 0 Å². The maximum Gasteiger partial charge on any atom is 0.0679 e. The highest BCUT2D eigenvalue weighted by Crippen LogP contribution is 2.45. The van der Waals surface area contributed by atoms with Gasteiger partial charge in [-0.15, -0.1) is 0 Å². The van der Waals surface area contributed by atoms with Gasteiger partial charge in [-0.2, -0.15) is 0 Å². The molecule has 1 nitrogen and oxygen atoms in total. The molecule has 25 heavy (non-hydrogen) atoms. The molecule has 0 amide bonds. The van der Waals surface area contributed by atoms with E-state index in [1.165, 1.54) is 109 Å². The molecule has 2 rings (SSSR count). The smallest absolute Gasteiger partial charge is 0.0679 e. The lowest BCUT2D eigenvalue weighted by Gasteiger charge is -2.43. The van der Waals surface area contributed by atoms with Crippen LogP contribution in [0.15, 0.2) is 0 Å². The summed E-state index contributed by atoms with van der Waals surface area (Å²) in [6, 6.07) is 0. The van der Waals surface area contributed by atoms with Crippen molar-refractivity contribution in [3.63, 3.8) is 0 Å². The van der Waals surface area contributed by atoms with Crippen LogP contribution in [0.1, 0.15) is 123 Å². The number of hydrogen-bond acceptors (Lipinski definition) is 1. The van der Waals surface area contributed by atoms with Crippen LogP contribution in [0.4, 0.5) is 0 Å². The molecule has 2 aliphatic rings. The van der Waals surface area contributed by atoms with E-state index in [1.807, 2.05) is 7.11 Å². The summed E-state index contributed by atoms with van der Waals surface area (Å²) in [5, 5.41) is 0. The average molecular weight is 351 g/mol. The lowest BCUT2D eigenvalue weighted by atomic mass is 9.67. The Morgan fingerprint density at radius 2 is 1.32 bits per heavy atom. The van der Waals surface area contributed by atoms with Crippen molar-refractivity contribution in [2.75, 3.05) is 7.11 Å². The summed E-state index contributed by atoms with van der Waals surface area (Å²) in [4.78, 5) is 0. The molecule has 2 saturated carbocycles. The van der Waals surface area contributed by atoms with Gasteiger partial charge in [-0.25, -0.2) is 0 Å². The van der Waals surface area contributed by atoms with Crippen LogP contribution >= 0.6 is 0 Å². The first-order chi connectivity index (χ1) is 12.2. The molecule has 0 aromatic rings. The van der Waals surface area contributed by atoms with E-state index >= 15 is 0 Å². The molecule has 0 unspecified atom stereocenters. The van der Waals surface area contributed by atoms with Crippen LogP contribution in [-0.4, -0.2) is 12.7 Å². The average Bonchev–Trinajstić information content (AvgIpc) is 2.67. The first-order valence-corrected chi connectivity index (χ1v) is 11.8. The van der Waals surface area contributed by atoms with Crippen molar-refractivity contribution in [2.45, 2.75) is 129 Å². The van der Waals surface area contributed by atoms with E-state index in [4.69, 9.17) is 4.74 Å². The Kier molecular flexibility index (Phi) is 9.89. The second kappa shape index (κ2) is 11.6. The Balaban J connectivity index is 1.67. The molecular formula is C24H46O. The van der Waals surface area contributed by atoms with Gasteiger partial charge < -0.3 is 4.74 Å². The van der Waals surface area contributed by atoms with E-state index in [0.29, 0.717) is 0 Å². The Labute approximate surface area is 158 Å². The van der Waals surface area contributed by atoms with Crippen molar-refractivity contribution in [3.8, 4) is 0 Å². The third-order valence-corrected chi connectivity index (χ3v) is 7.63. The molecule has 1 heteroatoms. The fourth-order valence-corrected chi connectivity index (χ4v) is 5.70. The molecule has 0 spiro atoms. The van der Waals surface area contributed by atoms with E-state index in [-0.39, 0.29) is 5.60 Å². The molecule has 0 N–H and O–H groups in total. The van der Waals surface area contributed by atoms with Gasteiger partial charge in [0.05, 0.1) is 5.60 Å². The Bertz CT molecular complexity index is 321. The maximum absolute atomic E-state index is 6.07. The minimum atomic E-state index is 0.238. The van der Waals surface area contributed by atoms with Crippen LogP contribution in [0.2, 0.25) is 0 Å². The summed E-state index contributed by atoms with van der Waals surface area (Å²) in [6.45, 7) is 4.62. The van der Waals surface area contributed by atoms with E-state index in [1.54, 1.807) is 0 Å². The zero-order chi connectivity index (χ0) is 18.0. The highest BCUT2D eigenvalue weighted by Gasteiger charge is 2.38. The minimum absolute atomic E-state index is 0.238. The standard InChI is InChI=1S/C24H46O/c1-4-6-8-10-18-24(25-3)19-16-23(17-20-24)22-14-12-21(13-15-22)11-9-7-5-2/h21-23H,4-20H2,1-3H3. The van der Waals surface area contributed by atoms with Crippen molar-refractivity contribution in [1.82, 2.24) is 0 Å². The summed E-state index contributed by atoms with van der Waals surface area (Å²) in [5.74, 6) is 3.11. The fraction of sp³-hybridized carbons (Fsp3) is 1.00. The number of unbranched alkanes of at least 4 members (excludes halogenated alkanes) is 5. The van der Waals surface area contributed by atoms with Crippen LogP contribution in [0.3, 0.4) is 0 Å². The molecule has 0 heterocycles. The predicted octanol–water partition coefficient (Wildman–Crippen LogP) is 7.92. The molecule has 0 atom stereocenters. The van der Waals surface area contributed by atoms with E-state index in [2.05, 4.69) is 13.8 Å². The zero-order valence-corrected chi connectivity index (χ0v) is 17.7. The first-order valence-electron chi connectivity index (χ1n) is 11.8. The maximum atomic E-state index is 6.07. The second-order valence-electron chi connectivity index (χ2n) is 9.31. The van der Waals surface area contributed by atoms with E-state index in [9.17, 15) is 0 Å². The third kappa shape index (κ3) is 6.89. The lowest BCUT2D eigenvalue weighted by Crippen LogP contribution is -2.38. The molecule has 0 aliphatic heterocycles. The molecule has 0 radical (unpaired) electrons. The molecule has 0 aromatic heterocycles.